The Labute approximate surface area is 97.1 Å². The number of aryl methyl sites for hydroxylation is 1. The van der Waals surface area contributed by atoms with Crippen LogP contribution in [0.5, 0.6) is 0 Å². The summed E-state index contributed by atoms with van der Waals surface area (Å²) in [7, 11) is 0. The van der Waals surface area contributed by atoms with Crippen LogP contribution in [0, 0.1) is 0 Å². The van der Waals surface area contributed by atoms with Crippen molar-refractivity contribution in [2.24, 2.45) is 0 Å². The zero-order chi connectivity index (χ0) is 12.3. The molecule has 1 heteroatoms. The minimum atomic E-state index is -0.307. The average Bonchev–Trinajstić information content (AvgIpc) is 2.39. The third-order valence-corrected chi connectivity index (χ3v) is 2.52. The SMILES string of the molecule is [2H]C(C)c1cccc(C(=O)c2ccccc2)c1. The van der Waals surface area contributed by atoms with Gasteiger partial charge in [0.25, 0.3) is 0 Å². The molecule has 1 unspecified atom stereocenters. The van der Waals surface area contributed by atoms with E-state index in [9.17, 15) is 4.79 Å². The lowest BCUT2D eigenvalue weighted by Crippen LogP contribution is -2.01. The Morgan fingerprint density at radius 3 is 2.44 bits per heavy atom. The molecule has 0 N–H and O–H groups in total. The molecule has 0 radical (unpaired) electrons. The minimum absolute atomic E-state index is 0.00750. The number of hydrogen-bond acceptors (Lipinski definition) is 1. The maximum absolute atomic E-state index is 12.2. The summed E-state index contributed by atoms with van der Waals surface area (Å²) in [4.78, 5) is 12.2. The summed E-state index contributed by atoms with van der Waals surface area (Å²) >= 11 is 0. The molecule has 0 aliphatic rings. The Kier molecular flexibility index (Phi) is 2.78. The van der Waals surface area contributed by atoms with Crippen molar-refractivity contribution in [2.45, 2.75) is 13.3 Å². The first-order chi connectivity index (χ1) is 8.18. The molecule has 2 rings (SSSR count). The molecule has 0 fully saturated rings. The van der Waals surface area contributed by atoms with Crippen LogP contribution >= 0.6 is 0 Å². The molecule has 0 saturated carbocycles. The molecule has 80 valence electrons. The highest BCUT2D eigenvalue weighted by molar-refractivity contribution is 6.09. The van der Waals surface area contributed by atoms with Gasteiger partial charge in [-0.25, -0.2) is 0 Å². The van der Waals surface area contributed by atoms with Gasteiger partial charge in [0, 0.05) is 12.5 Å². The van der Waals surface area contributed by atoms with Gasteiger partial charge >= 0.3 is 0 Å². The third-order valence-electron chi connectivity index (χ3n) is 2.52. The standard InChI is InChI=1S/C15H14O/c1-2-12-7-6-10-14(11-12)15(16)13-8-4-3-5-9-13/h3-11H,2H2,1H3/i2D. The highest BCUT2D eigenvalue weighted by Crippen LogP contribution is 2.11. The second-order valence-corrected chi connectivity index (χ2v) is 3.61. The van der Waals surface area contributed by atoms with Gasteiger partial charge in [0.05, 0.1) is 0 Å². The Balaban J connectivity index is 2.35. The lowest BCUT2D eigenvalue weighted by atomic mass is 10.0. The zero-order valence-corrected chi connectivity index (χ0v) is 9.18. The highest BCUT2D eigenvalue weighted by atomic mass is 16.1. The van der Waals surface area contributed by atoms with Gasteiger partial charge in [-0.1, -0.05) is 55.5 Å². The van der Waals surface area contributed by atoms with Gasteiger partial charge in [0.2, 0.25) is 0 Å². The van der Waals surface area contributed by atoms with Crippen LogP contribution in [0.1, 0.15) is 29.8 Å². The maximum atomic E-state index is 12.2. The molecule has 0 amide bonds. The van der Waals surface area contributed by atoms with Crippen LogP contribution in [0.25, 0.3) is 0 Å². The number of ketones is 1. The van der Waals surface area contributed by atoms with E-state index in [0.29, 0.717) is 11.1 Å². The van der Waals surface area contributed by atoms with Crippen LogP contribution in [-0.2, 0) is 6.40 Å². The zero-order valence-electron chi connectivity index (χ0n) is 10.2. The van der Waals surface area contributed by atoms with E-state index in [4.69, 9.17) is 1.37 Å². The lowest BCUT2D eigenvalue weighted by molar-refractivity contribution is 0.103. The molecule has 1 nitrogen and oxygen atoms in total. The fraction of sp³-hybridized carbons (Fsp3) is 0.133. The van der Waals surface area contributed by atoms with Crippen molar-refractivity contribution in [3.05, 3.63) is 71.3 Å². The predicted octanol–water partition coefficient (Wildman–Crippen LogP) is 3.48. The van der Waals surface area contributed by atoms with Crippen LogP contribution in [0.4, 0.5) is 0 Å². The van der Waals surface area contributed by atoms with E-state index in [0.717, 1.165) is 5.56 Å². The summed E-state index contributed by atoms with van der Waals surface area (Å²) in [5, 5.41) is 0. The molecule has 0 aromatic heterocycles. The van der Waals surface area contributed by atoms with Crippen molar-refractivity contribution in [1.82, 2.24) is 0 Å². The van der Waals surface area contributed by atoms with Gasteiger partial charge in [0.15, 0.2) is 5.78 Å². The smallest absolute Gasteiger partial charge is 0.193 e. The topological polar surface area (TPSA) is 17.1 Å². The monoisotopic (exact) mass is 211 g/mol. The molecule has 0 spiro atoms. The summed E-state index contributed by atoms with van der Waals surface area (Å²) < 4.78 is 7.65. The van der Waals surface area contributed by atoms with Gasteiger partial charge in [-0.05, 0) is 18.0 Å². The van der Waals surface area contributed by atoms with Gasteiger partial charge in [0.1, 0.15) is 0 Å². The van der Waals surface area contributed by atoms with E-state index in [-0.39, 0.29) is 12.2 Å². The first-order valence-corrected chi connectivity index (χ1v) is 5.30. The second-order valence-electron chi connectivity index (χ2n) is 3.61. The van der Waals surface area contributed by atoms with E-state index >= 15 is 0 Å². The van der Waals surface area contributed by atoms with Crippen molar-refractivity contribution >= 4 is 5.78 Å². The van der Waals surface area contributed by atoms with Gasteiger partial charge in [-0.15, -0.1) is 0 Å². The molecular weight excluding hydrogens is 196 g/mol. The van der Waals surface area contributed by atoms with Crippen LogP contribution < -0.4 is 0 Å². The fourth-order valence-electron chi connectivity index (χ4n) is 1.62. The average molecular weight is 211 g/mol. The molecule has 0 aliphatic heterocycles. The summed E-state index contributed by atoms with van der Waals surface area (Å²) in [6.07, 6.45) is -0.307. The van der Waals surface area contributed by atoms with Crippen molar-refractivity contribution in [3.63, 3.8) is 0 Å². The second kappa shape index (κ2) is 4.75. The van der Waals surface area contributed by atoms with Gasteiger partial charge in [-0.2, -0.15) is 0 Å². The molecule has 1 atom stereocenters. The summed E-state index contributed by atoms with van der Waals surface area (Å²) in [5.41, 5.74) is 2.20. The normalized spacial score (nSPS) is 12.9. The number of hydrogen-bond donors (Lipinski definition) is 0. The van der Waals surface area contributed by atoms with E-state index in [1.54, 1.807) is 31.2 Å². The molecule has 16 heavy (non-hydrogen) atoms. The molecule has 0 saturated heterocycles. The van der Waals surface area contributed by atoms with Gasteiger partial charge < -0.3 is 0 Å². The highest BCUT2D eigenvalue weighted by Gasteiger charge is 2.07. The number of rotatable bonds is 3. The first kappa shape index (κ1) is 9.34. The Hall–Kier alpha value is -1.89. The number of carbonyl (C=O) groups is 1. The van der Waals surface area contributed by atoms with E-state index in [1.165, 1.54) is 0 Å². The van der Waals surface area contributed by atoms with Gasteiger partial charge in [-0.3, -0.25) is 4.79 Å². The van der Waals surface area contributed by atoms with Crippen LogP contribution in [-0.4, -0.2) is 5.78 Å². The van der Waals surface area contributed by atoms with Crippen molar-refractivity contribution in [2.75, 3.05) is 0 Å². The minimum Gasteiger partial charge on any atom is -0.289 e. The molecule has 0 aliphatic carbocycles. The Bertz CT molecular complexity index is 517. The van der Waals surface area contributed by atoms with E-state index < -0.39 is 0 Å². The first-order valence-electron chi connectivity index (χ1n) is 5.88. The summed E-state index contributed by atoms with van der Waals surface area (Å²) in [5.74, 6) is 0.00750. The van der Waals surface area contributed by atoms with Crippen LogP contribution in [0.2, 0.25) is 0 Å². The Morgan fingerprint density at radius 2 is 1.75 bits per heavy atom. The summed E-state index contributed by atoms with van der Waals surface area (Å²) in [6, 6.07) is 16.5. The maximum Gasteiger partial charge on any atom is 0.193 e. The third kappa shape index (κ3) is 2.19. The van der Waals surface area contributed by atoms with Crippen LogP contribution in [0.15, 0.2) is 54.6 Å². The molecule has 2 aromatic carbocycles. The van der Waals surface area contributed by atoms with Crippen molar-refractivity contribution in [1.29, 1.82) is 0 Å². The fourth-order valence-corrected chi connectivity index (χ4v) is 1.62. The van der Waals surface area contributed by atoms with Crippen molar-refractivity contribution < 1.29 is 6.17 Å². The number of carbonyl (C=O) groups excluding carboxylic acids is 1. The number of benzene rings is 2. The predicted molar refractivity (Wildman–Crippen MR) is 65.7 cm³/mol. The molecule has 0 bridgehead atoms. The summed E-state index contributed by atoms with van der Waals surface area (Å²) in [6.45, 7) is 1.80. The largest absolute Gasteiger partial charge is 0.289 e. The lowest BCUT2D eigenvalue weighted by Gasteiger charge is -2.03. The van der Waals surface area contributed by atoms with E-state index in [2.05, 4.69) is 0 Å². The molecule has 0 heterocycles. The Morgan fingerprint density at radius 1 is 1.06 bits per heavy atom. The molecule has 2 aromatic rings. The van der Waals surface area contributed by atoms with Crippen molar-refractivity contribution in [3.8, 4) is 0 Å². The van der Waals surface area contributed by atoms with E-state index in [1.807, 2.05) is 30.3 Å². The van der Waals surface area contributed by atoms with Crippen LogP contribution in [0.3, 0.4) is 0 Å². The molecular formula is C15H14O. The quantitative estimate of drug-likeness (QED) is 0.710.